The van der Waals surface area contributed by atoms with Gasteiger partial charge in [0.25, 0.3) is 5.91 Å². The van der Waals surface area contributed by atoms with Crippen molar-refractivity contribution in [2.75, 3.05) is 44.7 Å². The summed E-state index contributed by atoms with van der Waals surface area (Å²) in [6, 6.07) is 16.1. The van der Waals surface area contributed by atoms with Crippen LogP contribution in [0.1, 0.15) is 19.8 Å². The highest BCUT2D eigenvalue weighted by Crippen LogP contribution is 2.35. The Morgan fingerprint density at radius 3 is 2.63 bits per heavy atom. The number of benzene rings is 2. The summed E-state index contributed by atoms with van der Waals surface area (Å²) in [6.07, 6.45) is 2.20. The first-order valence-corrected chi connectivity index (χ1v) is 14.3. The van der Waals surface area contributed by atoms with Gasteiger partial charge in [-0.1, -0.05) is 48.5 Å². The van der Waals surface area contributed by atoms with E-state index in [0.29, 0.717) is 48.8 Å². The molecular formula is C31H32ClFN6O2. The standard InChI is InChI=1S/C31H32ClFN6O2/c1-19-17-38(15-16-39(19)30(40)20(2)33)29-24-12-13-26(23-10-4-7-21-8-5-11-25(32)27(21)23)34-28(24)35-31(36-29)41-18-22-9-6-14-37(22)3/h4-5,7-8,10-13,19,22H,2,6,9,14-18H2,1,3H3. The largest absolute Gasteiger partial charge is 0.462 e. The summed E-state index contributed by atoms with van der Waals surface area (Å²) in [6.45, 7) is 7.89. The Morgan fingerprint density at radius 1 is 1.10 bits per heavy atom. The first-order valence-electron chi connectivity index (χ1n) is 13.9. The monoisotopic (exact) mass is 574 g/mol. The zero-order valence-electron chi connectivity index (χ0n) is 23.2. The number of piperazine rings is 1. The molecule has 2 aliphatic heterocycles. The maximum atomic E-state index is 13.6. The van der Waals surface area contributed by atoms with Crippen LogP contribution in [0.3, 0.4) is 0 Å². The van der Waals surface area contributed by atoms with Crippen LogP contribution in [0.4, 0.5) is 10.2 Å². The van der Waals surface area contributed by atoms with Crippen LogP contribution in [-0.2, 0) is 4.79 Å². The minimum absolute atomic E-state index is 0.240. The number of hydrogen-bond acceptors (Lipinski definition) is 7. The number of rotatable bonds is 6. The summed E-state index contributed by atoms with van der Waals surface area (Å²) in [4.78, 5) is 32.8. The van der Waals surface area contributed by atoms with Gasteiger partial charge < -0.3 is 19.4 Å². The molecule has 2 unspecified atom stereocenters. The van der Waals surface area contributed by atoms with Crippen molar-refractivity contribution in [3.05, 3.63) is 66.0 Å². The van der Waals surface area contributed by atoms with Crippen molar-refractivity contribution >= 4 is 45.1 Å². The summed E-state index contributed by atoms with van der Waals surface area (Å²) in [7, 11) is 2.10. The summed E-state index contributed by atoms with van der Waals surface area (Å²) < 4.78 is 19.8. The quantitative estimate of drug-likeness (QED) is 0.282. The first kappa shape index (κ1) is 27.4. The van der Waals surface area contributed by atoms with Crippen molar-refractivity contribution in [1.29, 1.82) is 0 Å². The van der Waals surface area contributed by atoms with E-state index in [4.69, 9.17) is 31.3 Å². The molecule has 10 heteroatoms. The number of fused-ring (bicyclic) bond motifs is 2. The van der Waals surface area contributed by atoms with Crippen molar-refractivity contribution in [2.45, 2.75) is 31.8 Å². The predicted octanol–water partition coefficient (Wildman–Crippen LogP) is 5.49. The molecule has 2 aromatic carbocycles. The Balaban J connectivity index is 1.40. The molecule has 2 atom stereocenters. The lowest BCUT2D eigenvalue weighted by Crippen LogP contribution is -2.54. The molecule has 0 bridgehead atoms. The molecule has 2 aromatic heterocycles. The fourth-order valence-corrected chi connectivity index (χ4v) is 6.19. The second-order valence-corrected chi connectivity index (χ2v) is 11.2. The molecule has 8 nitrogen and oxygen atoms in total. The van der Waals surface area contributed by atoms with Crippen LogP contribution in [0.2, 0.25) is 5.02 Å². The third-order valence-corrected chi connectivity index (χ3v) is 8.46. The maximum Gasteiger partial charge on any atom is 0.320 e. The molecule has 2 aliphatic rings. The minimum atomic E-state index is -0.948. The molecule has 4 aromatic rings. The fraction of sp³-hybridized carbons (Fsp3) is 0.355. The maximum absolute atomic E-state index is 13.6. The predicted molar refractivity (Wildman–Crippen MR) is 160 cm³/mol. The van der Waals surface area contributed by atoms with Gasteiger partial charge in [0.1, 0.15) is 12.4 Å². The van der Waals surface area contributed by atoms with Gasteiger partial charge in [0.05, 0.1) is 11.1 Å². The SMILES string of the molecule is C=C(F)C(=O)N1CCN(c2nc(OCC3CCCN3C)nc3nc(-c4cccc5cccc(Cl)c45)ccc23)CC1C. The van der Waals surface area contributed by atoms with E-state index in [0.717, 1.165) is 46.8 Å². The second-order valence-electron chi connectivity index (χ2n) is 10.8. The lowest BCUT2D eigenvalue weighted by molar-refractivity contribution is -0.131. The molecule has 0 radical (unpaired) electrons. The average molecular weight is 575 g/mol. The Bertz CT molecular complexity index is 1640. The number of pyridine rings is 1. The van der Waals surface area contributed by atoms with E-state index in [1.165, 1.54) is 4.90 Å². The van der Waals surface area contributed by atoms with E-state index >= 15 is 0 Å². The highest BCUT2D eigenvalue weighted by atomic mass is 35.5. The molecular weight excluding hydrogens is 543 g/mol. The van der Waals surface area contributed by atoms with E-state index in [-0.39, 0.29) is 12.1 Å². The van der Waals surface area contributed by atoms with Gasteiger partial charge in [-0.15, -0.1) is 0 Å². The second kappa shape index (κ2) is 11.2. The highest BCUT2D eigenvalue weighted by molar-refractivity contribution is 6.36. The van der Waals surface area contributed by atoms with Crippen molar-refractivity contribution in [3.63, 3.8) is 0 Å². The minimum Gasteiger partial charge on any atom is -0.462 e. The smallest absolute Gasteiger partial charge is 0.320 e. The van der Waals surface area contributed by atoms with Gasteiger partial charge in [0.2, 0.25) is 0 Å². The molecule has 0 saturated carbocycles. The van der Waals surface area contributed by atoms with E-state index < -0.39 is 11.7 Å². The molecule has 0 aliphatic carbocycles. The number of likely N-dealkylation sites (N-methyl/N-ethyl adjacent to an activating group) is 1. The van der Waals surface area contributed by atoms with Gasteiger partial charge in [-0.05, 0) is 56.9 Å². The number of hydrogen-bond donors (Lipinski definition) is 0. The Morgan fingerprint density at radius 2 is 1.90 bits per heavy atom. The van der Waals surface area contributed by atoms with Crippen LogP contribution in [0.5, 0.6) is 6.01 Å². The van der Waals surface area contributed by atoms with E-state index in [1.54, 1.807) is 0 Å². The van der Waals surface area contributed by atoms with Crippen LogP contribution in [-0.4, -0.2) is 82.6 Å². The molecule has 2 saturated heterocycles. The molecule has 2 fully saturated rings. The Labute approximate surface area is 243 Å². The first-order chi connectivity index (χ1) is 19.8. The zero-order chi connectivity index (χ0) is 28.7. The highest BCUT2D eigenvalue weighted by Gasteiger charge is 2.31. The van der Waals surface area contributed by atoms with Gasteiger partial charge >= 0.3 is 6.01 Å². The zero-order valence-corrected chi connectivity index (χ0v) is 23.9. The third kappa shape index (κ3) is 5.31. The van der Waals surface area contributed by atoms with Crippen LogP contribution in [0, 0.1) is 0 Å². The fourth-order valence-electron chi connectivity index (χ4n) is 5.91. The lowest BCUT2D eigenvalue weighted by atomic mass is 10.0. The van der Waals surface area contributed by atoms with Gasteiger partial charge in [-0.25, -0.2) is 9.37 Å². The lowest BCUT2D eigenvalue weighted by Gasteiger charge is -2.40. The van der Waals surface area contributed by atoms with Crippen molar-refractivity contribution in [1.82, 2.24) is 24.8 Å². The molecule has 0 N–H and O–H groups in total. The number of aromatic nitrogens is 3. The van der Waals surface area contributed by atoms with Crippen LogP contribution in [0.25, 0.3) is 33.1 Å². The van der Waals surface area contributed by atoms with Crippen LogP contribution < -0.4 is 9.64 Å². The number of carbonyl (C=O) groups is 1. The van der Waals surface area contributed by atoms with Crippen LogP contribution in [0.15, 0.2) is 60.9 Å². The van der Waals surface area contributed by atoms with Crippen molar-refractivity contribution < 1.29 is 13.9 Å². The summed E-state index contributed by atoms with van der Waals surface area (Å²) in [5.41, 5.74) is 2.17. The number of likely N-dealkylation sites (tertiary alicyclic amines) is 1. The van der Waals surface area contributed by atoms with E-state index in [9.17, 15) is 9.18 Å². The summed E-state index contributed by atoms with van der Waals surface area (Å²) in [5, 5.41) is 3.39. The number of carbonyl (C=O) groups excluding carboxylic acids is 1. The normalized spacial score (nSPS) is 19.7. The van der Waals surface area contributed by atoms with Crippen LogP contribution >= 0.6 is 11.6 Å². The van der Waals surface area contributed by atoms with Crippen molar-refractivity contribution in [3.8, 4) is 17.3 Å². The molecule has 6 rings (SSSR count). The molecule has 41 heavy (non-hydrogen) atoms. The number of amides is 1. The van der Waals surface area contributed by atoms with E-state index in [1.807, 2.05) is 55.5 Å². The van der Waals surface area contributed by atoms with E-state index in [2.05, 4.69) is 23.4 Å². The van der Waals surface area contributed by atoms with Gasteiger partial charge in [0.15, 0.2) is 11.5 Å². The van der Waals surface area contributed by atoms with Gasteiger partial charge in [0, 0.05) is 47.7 Å². The molecule has 212 valence electrons. The summed E-state index contributed by atoms with van der Waals surface area (Å²) >= 11 is 6.62. The number of halogens is 2. The molecule has 4 heterocycles. The number of anilines is 1. The summed E-state index contributed by atoms with van der Waals surface area (Å²) in [5.74, 6) is -0.942. The Kier molecular flexibility index (Phi) is 7.48. The molecule has 1 amide bonds. The Hall–Kier alpha value is -3.82. The average Bonchev–Trinajstić information content (AvgIpc) is 3.39. The number of nitrogens with zero attached hydrogens (tertiary/aromatic N) is 6. The topological polar surface area (TPSA) is 74.7 Å². The number of ether oxygens (including phenoxy) is 1. The van der Waals surface area contributed by atoms with Crippen molar-refractivity contribution in [2.24, 2.45) is 0 Å². The molecule has 0 spiro atoms. The van der Waals surface area contributed by atoms with Gasteiger partial charge in [-0.3, -0.25) is 4.79 Å². The van der Waals surface area contributed by atoms with Gasteiger partial charge in [-0.2, -0.15) is 9.97 Å². The third-order valence-electron chi connectivity index (χ3n) is 8.15.